The van der Waals surface area contributed by atoms with Gasteiger partial charge in [-0.05, 0) is 6.92 Å². The second-order valence-electron chi connectivity index (χ2n) is 3.04. The number of hydrogen-bond donors (Lipinski definition) is 0. The van der Waals surface area contributed by atoms with E-state index in [1.807, 2.05) is 0 Å². The van der Waals surface area contributed by atoms with Crippen LogP contribution in [0.3, 0.4) is 0 Å². The molecule has 0 unspecified atom stereocenters. The number of nitrogens with zero attached hydrogens (tertiary/aromatic N) is 2. The van der Waals surface area contributed by atoms with Crippen LogP contribution in [0.15, 0.2) is 16.1 Å². The van der Waals surface area contributed by atoms with E-state index in [2.05, 4.69) is 14.6 Å². The van der Waals surface area contributed by atoms with Crippen LogP contribution < -0.4 is 0 Å². The largest absolute Gasteiger partial charge is 0.466 e. The molecule has 1 rings (SSSR count). The summed E-state index contributed by atoms with van der Waals surface area (Å²) in [6.45, 7) is 1.80. The first-order valence-electron chi connectivity index (χ1n) is 5.15. The van der Waals surface area contributed by atoms with E-state index in [0.29, 0.717) is 0 Å². The van der Waals surface area contributed by atoms with Crippen LogP contribution in [0.5, 0.6) is 0 Å². The van der Waals surface area contributed by atoms with E-state index < -0.39 is 18.0 Å². The fourth-order valence-electron chi connectivity index (χ4n) is 1.05. The van der Waals surface area contributed by atoms with Gasteiger partial charge in [-0.15, -0.1) is 9.52 Å². The highest BCUT2D eigenvalue weighted by atomic mass is 32.2. The minimum absolute atomic E-state index is 0.145. The lowest BCUT2D eigenvalue weighted by atomic mass is 10.3. The Labute approximate surface area is 113 Å². The third kappa shape index (κ3) is 3.71. The molecule has 0 fully saturated rings. The standard InChI is InChI=1S/C10H12N2O6S/c1-4-18-10(15)12-11-8(9(14)17-3)6(19-12)5-7(13)16-2/h5H,4H2,1-3H3. The Hall–Kier alpha value is -2.03. The minimum atomic E-state index is -0.769. The number of amides is 1. The maximum absolute atomic E-state index is 11.5. The molecule has 1 heterocycles. The van der Waals surface area contributed by atoms with Crippen LogP contribution in [-0.4, -0.2) is 49.0 Å². The van der Waals surface area contributed by atoms with Gasteiger partial charge in [0, 0.05) is 18.0 Å². The Morgan fingerprint density at radius 3 is 2.53 bits per heavy atom. The van der Waals surface area contributed by atoms with E-state index in [1.54, 1.807) is 6.92 Å². The third-order valence-corrected chi connectivity index (χ3v) is 2.77. The lowest BCUT2D eigenvalue weighted by Crippen LogP contribution is -2.18. The van der Waals surface area contributed by atoms with Gasteiger partial charge >= 0.3 is 18.0 Å². The zero-order valence-electron chi connectivity index (χ0n) is 10.5. The van der Waals surface area contributed by atoms with Gasteiger partial charge in [0.15, 0.2) is 5.71 Å². The molecule has 0 spiro atoms. The summed E-state index contributed by atoms with van der Waals surface area (Å²) in [5.41, 5.74) is -0.161. The van der Waals surface area contributed by atoms with Crippen molar-refractivity contribution in [2.24, 2.45) is 5.10 Å². The second-order valence-corrected chi connectivity index (χ2v) is 4.00. The number of ether oxygens (including phenoxy) is 3. The van der Waals surface area contributed by atoms with Gasteiger partial charge in [-0.1, -0.05) is 0 Å². The van der Waals surface area contributed by atoms with Gasteiger partial charge in [-0.2, -0.15) is 0 Å². The van der Waals surface area contributed by atoms with Gasteiger partial charge in [-0.3, -0.25) is 0 Å². The fraction of sp³-hybridized carbons (Fsp3) is 0.400. The van der Waals surface area contributed by atoms with Crippen LogP contribution in [0.2, 0.25) is 0 Å². The first kappa shape index (κ1) is 15.0. The minimum Gasteiger partial charge on any atom is -0.466 e. The number of methoxy groups -OCH3 is 2. The summed E-state index contributed by atoms with van der Waals surface area (Å²) in [4.78, 5) is 34.3. The van der Waals surface area contributed by atoms with E-state index >= 15 is 0 Å². The maximum atomic E-state index is 11.5. The second kappa shape index (κ2) is 6.78. The average molecular weight is 288 g/mol. The van der Waals surface area contributed by atoms with Crippen molar-refractivity contribution in [2.75, 3.05) is 20.8 Å². The molecule has 0 aromatic rings. The molecule has 1 amide bonds. The molecule has 0 saturated carbocycles. The summed E-state index contributed by atoms with van der Waals surface area (Å²) in [7, 11) is 2.36. The van der Waals surface area contributed by atoms with E-state index in [1.165, 1.54) is 7.11 Å². The van der Waals surface area contributed by atoms with Gasteiger partial charge < -0.3 is 14.2 Å². The van der Waals surface area contributed by atoms with Crippen molar-refractivity contribution in [2.45, 2.75) is 6.92 Å². The smallest absolute Gasteiger partial charge is 0.441 e. The van der Waals surface area contributed by atoms with Gasteiger partial charge in [0.1, 0.15) is 0 Å². The summed E-state index contributed by atoms with van der Waals surface area (Å²) >= 11 is 0.769. The monoisotopic (exact) mass is 288 g/mol. The van der Waals surface area contributed by atoms with Crippen LogP contribution in [-0.2, 0) is 23.8 Å². The first-order chi connectivity index (χ1) is 9.03. The van der Waals surface area contributed by atoms with Crippen molar-refractivity contribution >= 4 is 35.7 Å². The van der Waals surface area contributed by atoms with E-state index in [-0.39, 0.29) is 17.2 Å². The Bertz CT molecular complexity index is 459. The van der Waals surface area contributed by atoms with Crippen molar-refractivity contribution in [3.63, 3.8) is 0 Å². The van der Waals surface area contributed by atoms with Crippen LogP contribution in [0.25, 0.3) is 0 Å². The highest BCUT2D eigenvalue weighted by Crippen LogP contribution is 2.31. The van der Waals surface area contributed by atoms with Crippen LogP contribution in [0.4, 0.5) is 4.79 Å². The highest BCUT2D eigenvalue weighted by molar-refractivity contribution is 8.02. The zero-order valence-corrected chi connectivity index (χ0v) is 11.4. The van der Waals surface area contributed by atoms with Gasteiger partial charge in [0.25, 0.3) is 0 Å². The lowest BCUT2D eigenvalue weighted by molar-refractivity contribution is -0.134. The predicted molar refractivity (Wildman–Crippen MR) is 66.0 cm³/mol. The molecule has 0 atom stereocenters. The zero-order chi connectivity index (χ0) is 14.4. The molecular weight excluding hydrogens is 276 g/mol. The normalized spacial score (nSPS) is 16.1. The molecule has 8 nitrogen and oxygen atoms in total. The number of carbonyl (C=O) groups is 3. The van der Waals surface area contributed by atoms with Crippen molar-refractivity contribution < 1.29 is 28.6 Å². The number of esters is 2. The average Bonchev–Trinajstić information content (AvgIpc) is 2.82. The molecule has 0 aliphatic carbocycles. The van der Waals surface area contributed by atoms with E-state index in [0.717, 1.165) is 29.5 Å². The molecule has 1 aliphatic rings. The topological polar surface area (TPSA) is 94.5 Å². The van der Waals surface area contributed by atoms with Gasteiger partial charge in [0.2, 0.25) is 0 Å². The predicted octanol–water partition coefficient (Wildman–Crippen LogP) is 0.693. The molecule has 0 aromatic heterocycles. The quantitative estimate of drug-likeness (QED) is 0.326. The van der Waals surface area contributed by atoms with Crippen molar-refractivity contribution in [3.05, 3.63) is 11.0 Å². The summed E-state index contributed by atoms with van der Waals surface area (Å²) in [6, 6.07) is 0. The Balaban J connectivity index is 2.98. The summed E-state index contributed by atoms with van der Waals surface area (Å²) in [5.74, 6) is -1.45. The molecular formula is C10H12N2O6S. The van der Waals surface area contributed by atoms with E-state index in [4.69, 9.17) is 4.74 Å². The first-order valence-corrected chi connectivity index (χ1v) is 5.92. The summed E-state index contributed by atoms with van der Waals surface area (Å²) in [6.07, 6.45) is 0.293. The van der Waals surface area contributed by atoms with Crippen molar-refractivity contribution in [1.29, 1.82) is 0 Å². The molecule has 0 aromatic carbocycles. The number of hydrazone groups is 1. The fourth-order valence-corrected chi connectivity index (χ4v) is 1.85. The molecule has 0 radical (unpaired) electrons. The molecule has 19 heavy (non-hydrogen) atoms. The van der Waals surface area contributed by atoms with Crippen LogP contribution >= 0.6 is 11.9 Å². The molecule has 0 bridgehead atoms. The Morgan fingerprint density at radius 2 is 2.00 bits per heavy atom. The highest BCUT2D eigenvalue weighted by Gasteiger charge is 2.33. The van der Waals surface area contributed by atoms with Crippen LogP contribution in [0.1, 0.15) is 6.92 Å². The number of hydrogen-bond acceptors (Lipinski definition) is 8. The summed E-state index contributed by atoms with van der Waals surface area (Å²) in [5, 5.41) is 3.73. The van der Waals surface area contributed by atoms with Gasteiger partial charge in [0.05, 0.1) is 25.7 Å². The van der Waals surface area contributed by atoms with E-state index in [9.17, 15) is 14.4 Å². The third-order valence-electron chi connectivity index (χ3n) is 1.86. The molecule has 104 valence electrons. The number of carbonyl (C=O) groups excluding carboxylic acids is 3. The van der Waals surface area contributed by atoms with Gasteiger partial charge in [-0.25, -0.2) is 14.4 Å². The number of rotatable bonds is 3. The Kier molecular flexibility index (Phi) is 5.37. The van der Waals surface area contributed by atoms with Crippen molar-refractivity contribution in [1.82, 2.24) is 4.41 Å². The lowest BCUT2D eigenvalue weighted by Gasteiger charge is -2.08. The van der Waals surface area contributed by atoms with Crippen molar-refractivity contribution in [3.8, 4) is 0 Å². The SMILES string of the molecule is CCOC(=O)N1N=C(C(=O)OC)C(=CC(=O)OC)S1. The molecule has 0 N–H and O–H groups in total. The maximum Gasteiger partial charge on any atom is 0.441 e. The molecule has 1 aliphatic heterocycles. The Morgan fingerprint density at radius 1 is 1.32 bits per heavy atom. The molecule has 0 saturated heterocycles. The van der Waals surface area contributed by atoms with Crippen LogP contribution in [0, 0.1) is 0 Å². The molecule has 9 heteroatoms. The summed E-state index contributed by atoms with van der Waals surface area (Å²) < 4.78 is 14.5.